The number of pyridine rings is 1. The fourth-order valence-corrected chi connectivity index (χ4v) is 1.84. The Morgan fingerprint density at radius 3 is 2.82 bits per heavy atom. The van der Waals surface area contributed by atoms with Crippen molar-refractivity contribution < 1.29 is 4.79 Å². The van der Waals surface area contributed by atoms with E-state index in [4.69, 9.17) is 0 Å². The number of nitrogens with zero attached hydrogens (tertiary/aromatic N) is 1. The molecule has 0 aliphatic carbocycles. The van der Waals surface area contributed by atoms with E-state index in [1.54, 1.807) is 6.20 Å². The van der Waals surface area contributed by atoms with E-state index in [1.807, 2.05) is 42.5 Å². The molecule has 1 N–H and O–H groups in total. The van der Waals surface area contributed by atoms with Gasteiger partial charge in [-0.2, -0.15) is 0 Å². The number of halogens is 1. The van der Waals surface area contributed by atoms with Crippen LogP contribution in [0.1, 0.15) is 5.69 Å². The highest BCUT2D eigenvalue weighted by Crippen LogP contribution is 2.15. The van der Waals surface area contributed by atoms with E-state index in [-0.39, 0.29) is 12.3 Å². The molecule has 17 heavy (non-hydrogen) atoms. The quantitative estimate of drug-likeness (QED) is 0.944. The summed E-state index contributed by atoms with van der Waals surface area (Å²) < 4.78 is 0.938. The Balaban J connectivity index is 1.98. The highest BCUT2D eigenvalue weighted by Gasteiger charge is 2.04. The molecule has 0 atom stereocenters. The van der Waals surface area contributed by atoms with E-state index in [2.05, 4.69) is 26.2 Å². The van der Waals surface area contributed by atoms with Crippen LogP contribution in [0.4, 0.5) is 5.69 Å². The lowest BCUT2D eigenvalue weighted by atomic mass is 10.2. The highest BCUT2D eigenvalue weighted by atomic mass is 79.9. The Labute approximate surface area is 108 Å². The van der Waals surface area contributed by atoms with Crippen molar-refractivity contribution in [2.24, 2.45) is 0 Å². The van der Waals surface area contributed by atoms with Gasteiger partial charge in [-0.15, -0.1) is 0 Å². The van der Waals surface area contributed by atoms with Gasteiger partial charge in [-0.05, 0) is 30.3 Å². The lowest BCUT2D eigenvalue weighted by Gasteiger charge is -2.05. The molecule has 0 aliphatic heterocycles. The summed E-state index contributed by atoms with van der Waals surface area (Å²) in [5.74, 6) is -0.0678. The normalized spacial score (nSPS) is 9.94. The average Bonchev–Trinajstić information content (AvgIpc) is 2.30. The van der Waals surface area contributed by atoms with Crippen LogP contribution >= 0.6 is 15.9 Å². The van der Waals surface area contributed by atoms with Gasteiger partial charge in [-0.1, -0.05) is 28.1 Å². The van der Waals surface area contributed by atoms with E-state index < -0.39 is 0 Å². The van der Waals surface area contributed by atoms with Crippen LogP contribution in [0.25, 0.3) is 0 Å². The second-order valence-corrected chi connectivity index (χ2v) is 4.47. The van der Waals surface area contributed by atoms with Crippen molar-refractivity contribution in [3.8, 4) is 0 Å². The van der Waals surface area contributed by atoms with Crippen molar-refractivity contribution in [3.05, 3.63) is 58.8 Å². The highest BCUT2D eigenvalue weighted by molar-refractivity contribution is 9.10. The molecule has 3 nitrogen and oxygen atoms in total. The molecule has 2 aromatic rings. The van der Waals surface area contributed by atoms with Crippen LogP contribution in [0.3, 0.4) is 0 Å². The molecule has 0 saturated carbocycles. The summed E-state index contributed by atoms with van der Waals surface area (Å²) in [6.07, 6.45) is 1.97. The summed E-state index contributed by atoms with van der Waals surface area (Å²) in [5, 5.41) is 2.82. The first-order valence-electron chi connectivity index (χ1n) is 5.19. The monoisotopic (exact) mass is 290 g/mol. The van der Waals surface area contributed by atoms with Crippen molar-refractivity contribution in [2.75, 3.05) is 5.32 Å². The average molecular weight is 291 g/mol. The van der Waals surface area contributed by atoms with Gasteiger partial charge < -0.3 is 5.32 Å². The molecule has 0 saturated heterocycles. The largest absolute Gasteiger partial charge is 0.326 e. The van der Waals surface area contributed by atoms with Gasteiger partial charge in [0.05, 0.1) is 6.42 Å². The topological polar surface area (TPSA) is 42.0 Å². The second-order valence-electron chi connectivity index (χ2n) is 3.56. The molecular weight excluding hydrogens is 280 g/mol. The first-order chi connectivity index (χ1) is 8.24. The summed E-state index contributed by atoms with van der Waals surface area (Å²) in [6.45, 7) is 0. The lowest BCUT2D eigenvalue weighted by Crippen LogP contribution is -2.14. The van der Waals surface area contributed by atoms with Gasteiger partial charge in [-0.3, -0.25) is 9.78 Å². The second kappa shape index (κ2) is 5.59. The van der Waals surface area contributed by atoms with Crippen molar-refractivity contribution in [2.45, 2.75) is 6.42 Å². The minimum Gasteiger partial charge on any atom is -0.326 e. The number of anilines is 1. The zero-order valence-corrected chi connectivity index (χ0v) is 10.6. The standard InChI is InChI=1S/C13H11BrN2O/c14-10-4-3-6-12(8-10)16-13(17)9-11-5-1-2-7-15-11/h1-8H,9H2,(H,16,17). The van der Waals surface area contributed by atoms with Crippen LogP contribution in [-0.2, 0) is 11.2 Å². The Bertz CT molecular complexity index is 514. The predicted octanol–water partition coefficient (Wildman–Crippen LogP) is 3.03. The van der Waals surface area contributed by atoms with Crippen LogP contribution in [0, 0.1) is 0 Å². The fourth-order valence-electron chi connectivity index (χ4n) is 1.44. The number of rotatable bonds is 3. The first kappa shape index (κ1) is 11.8. The van der Waals surface area contributed by atoms with Crippen LogP contribution < -0.4 is 5.32 Å². The number of hydrogen-bond acceptors (Lipinski definition) is 2. The molecule has 1 aromatic carbocycles. The number of amides is 1. The summed E-state index contributed by atoms with van der Waals surface area (Å²) >= 11 is 3.36. The number of carbonyl (C=O) groups excluding carboxylic acids is 1. The molecule has 1 aromatic heterocycles. The molecular formula is C13H11BrN2O. The number of carbonyl (C=O) groups is 1. The van der Waals surface area contributed by atoms with Gasteiger partial charge in [0, 0.05) is 22.1 Å². The Kier molecular flexibility index (Phi) is 3.88. The van der Waals surface area contributed by atoms with Gasteiger partial charge in [-0.25, -0.2) is 0 Å². The molecule has 1 amide bonds. The zero-order chi connectivity index (χ0) is 12.1. The number of hydrogen-bond donors (Lipinski definition) is 1. The molecule has 0 fully saturated rings. The van der Waals surface area contributed by atoms with Gasteiger partial charge in [0.15, 0.2) is 0 Å². The predicted molar refractivity (Wildman–Crippen MR) is 70.7 cm³/mol. The van der Waals surface area contributed by atoms with Crippen LogP contribution in [0.2, 0.25) is 0 Å². The van der Waals surface area contributed by atoms with Crippen molar-refractivity contribution >= 4 is 27.5 Å². The van der Waals surface area contributed by atoms with Gasteiger partial charge in [0.1, 0.15) is 0 Å². The minimum atomic E-state index is -0.0678. The third-order valence-corrected chi connectivity index (χ3v) is 2.67. The third-order valence-electron chi connectivity index (χ3n) is 2.18. The van der Waals surface area contributed by atoms with Crippen LogP contribution in [0.15, 0.2) is 53.1 Å². The summed E-state index contributed by atoms with van der Waals surface area (Å²) in [5.41, 5.74) is 1.54. The Morgan fingerprint density at radius 2 is 2.12 bits per heavy atom. The van der Waals surface area contributed by atoms with E-state index in [9.17, 15) is 4.79 Å². The summed E-state index contributed by atoms with van der Waals surface area (Å²) in [7, 11) is 0. The Hall–Kier alpha value is -1.68. The molecule has 0 radical (unpaired) electrons. The SMILES string of the molecule is O=C(Cc1ccccn1)Nc1cccc(Br)c1. The van der Waals surface area contributed by atoms with Crippen molar-refractivity contribution in [3.63, 3.8) is 0 Å². The summed E-state index contributed by atoms with van der Waals surface area (Å²) in [6, 6.07) is 13.0. The number of aromatic nitrogens is 1. The summed E-state index contributed by atoms with van der Waals surface area (Å²) in [4.78, 5) is 15.8. The lowest BCUT2D eigenvalue weighted by molar-refractivity contribution is -0.115. The maximum Gasteiger partial charge on any atom is 0.230 e. The van der Waals surface area contributed by atoms with Crippen LogP contribution in [0.5, 0.6) is 0 Å². The maximum absolute atomic E-state index is 11.7. The maximum atomic E-state index is 11.7. The van der Waals surface area contributed by atoms with Crippen molar-refractivity contribution in [1.82, 2.24) is 4.98 Å². The fraction of sp³-hybridized carbons (Fsp3) is 0.0769. The zero-order valence-electron chi connectivity index (χ0n) is 9.06. The van der Waals surface area contributed by atoms with E-state index in [0.717, 1.165) is 15.9 Å². The molecule has 86 valence electrons. The third kappa shape index (κ3) is 3.67. The molecule has 2 rings (SSSR count). The number of nitrogens with one attached hydrogen (secondary N) is 1. The van der Waals surface area contributed by atoms with Crippen molar-refractivity contribution in [1.29, 1.82) is 0 Å². The van der Waals surface area contributed by atoms with Gasteiger partial charge >= 0.3 is 0 Å². The van der Waals surface area contributed by atoms with Gasteiger partial charge in [0.2, 0.25) is 5.91 Å². The molecule has 0 spiro atoms. The van der Waals surface area contributed by atoms with Crippen LogP contribution in [-0.4, -0.2) is 10.9 Å². The minimum absolute atomic E-state index is 0.0678. The number of benzene rings is 1. The smallest absolute Gasteiger partial charge is 0.230 e. The first-order valence-corrected chi connectivity index (χ1v) is 5.99. The molecule has 4 heteroatoms. The van der Waals surface area contributed by atoms with E-state index in [1.165, 1.54) is 0 Å². The molecule has 0 unspecified atom stereocenters. The molecule has 0 aliphatic rings. The molecule has 1 heterocycles. The van der Waals surface area contributed by atoms with Gasteiger partial charge in [0.25, 0.3) is 0 Å². The van der Waals surface area contributed by atoms with E-state index in [0.29, 0.717) is 0 Å². The molecule has 0 bridgehead atoms. The van der Waals surface area contributed by atoms with E-state index >= 15 is 0 Å². The Morgan fingerprint density at radius 1 is 1.24 bits per heavy atom.